The van der Waals surface area contributed by atoms with E-state index in [0.29, 0.717) is 17.5 Å². The number of phenols is 3. The zero-order valence-electron chi connectivity index (χ0n) is 27.7. The van der Waals surface area contributed by atoms with Crippen LogP contribution in [0.25, 0.3) is 0 Å². The number of nitrogens with zero attached hydrogens (tertiary/aromatic N) is 1. The average molecular weight is 748 g/mol. The Bertz CT molecular complexity index is 1880. The fourth-order valence-corrected chi connectivity index (χ4v) is 6.25. The van der Waals surface area contributed by atoms with Crippen molar-refractivity contribution in [3.8, 4) is 28.7 Å². The number of rotatable bonds is 9. The summed E-state index contributed by atoms with van der Waals surface area (Å²) in [6.07, 6.45) is -20.4. The quantitative estimate of drug-likeness (QED) is 0.0640. The zero-order chi connectivity index (χ0) is 38.5. The van der Waals surface area contributed by atoms with Crippen LogP contribution in [0.4, 0.5) is 0 Å². The SMILES string of the molecule is CCc1cc(Cc2c(O[C@H]3O[C@H](C(=O)O[C@H]4O[C@H](C(=O)O)[C@@H](O)[C@H](O)[C@H]4O)[C@@H](O)[C@H](O)[C@H]3O)cc3c(c2O)C(=[OH+])CC(c2ccc(O)c(O)c2)O3)c[n-]1. The predicted molar refractivity (Wildman–Crippen MR) is 172 cm³/mol. The Morgan fingerprint density at radius 2 is 1.53 bits per heavy atom. The van der Waals surface area contributed by atoms with Crippen LogP contribution in [0.5, 0.6) is 28.7 Å². The van der Waals surface area contributed by atoms with Gasteiger partial charge in [0.25, 0.3) is 0 Å². The highest BCUT2D eigenvalue weighted by Gasteiger charge is 2.53. The maximum absolute atomic E-state index is 13.2. The fourth-order valence-electron chi connectivity index (χ4n) is 6.25. The molecule has 0 aliphatic carbocycles. The number of benzene rings is 2. The minimum absolute atomic E-state index is 0.0104. The number of ketones is 1. The molecule has 0 amide bonds. The van der Waals surface area contributed by atoms with E-state index in [4.69, 9.17) is 23.7 Å². The highest BCUT2D eigenvalue weighted by atomic mass is 16.7. The first-order chi connectivity index (χ1) is 25.1. The third-order valence-corrected chi connectivity index (χ3v) is 9.22. The molecule has 2 aromatic carbocycles. The fraction of sp³-hybridized carbons (Fsp3) is 0.441. The van der Waals surface area contributed by atoms with Crippen molar-refractivity contribution >= 4 is 17.7 Å². The van der Waals surface area contributed by atoms with Crippen LogP contribution in [-0.2, 0) is 36.6 Å². The van der Waals surface area contributed by atoms with Crippen molar-refractivity contribution < 1.29 is 89.1 Å². The van der Waals surface area contributed by atoms with E-state index in [1.807, 2.05) is 6.92 Å². The number of ether oxygens (including phenoxy) is 5. The summed E-state index contributed by atoms with van der Waals surface area (Å²) in [5, 5.41) is 103. The maximum Gasteiger partial charge on any atom is 0.340 e. The number of esters is 1. The number of carbonyl (C=O) groups excluding carboxylic acids is 2. The molecule has 19 nitrogen and oxygen atoms in total. The van der Waals surface area contributed by atoms with Crippen molar-refractivity contribution in [3.63, 3.8) is 0 Å². The average Bonchev–Trinajstić information content (AvgIpc) is 3.58. The third kappa shape index (κ3) is 7.20. The summed E-state index contributed by atoms with van der Waals surface area (Å²) in [6.45, 7) is 1.88. The molecule has 2 saturated heterocycles. The molecule has 19 heteroatoms. The largest absolute Gasteiger partial charge is 0.667 e. The van der Waals surface area contributed by atoms with Crippen molar-refractivity contribution in [1.82, 2.24) is 4.98 Å². The molecule has 0 radical (unpaired) electrons. The first kappa shape index (κ1) is 37.8. The Kier molecular flexibility index (Phi) is 10.5. The summed E-state index contributed by atoms with van der Waals surface area (Å²) in [6, 6.07) is 6.86. The number of aromatic hydroxyl groups is 3. The van der Waals surface area contributed by atoms with Crippen LogP contribution in [0, 0.1) is 0 Å². The number of carbonyl (C=O) groups is 2. The van der Waals surface area contributed by atoms with Crippen molar-refractivity contribution in [2.75, 3.05) is 0 Å². The van der Waals surface area contributed by atoms with Crippen LogP contribution in [0.15, 0.2) is 36.5 Å². The van der Waals surface area contributed by atoms with Gasteiger partial charge in [-0.2, -0.15) is 11.9 Å². The minimum atomic E-state index is -2.19. The van der Waals surface area contributed by atoms with Crippen LogP contribution in [0.3, 0.4) is 0 Å². The third-order valence-electron chi connectivity index (χ3n) is 9.22. The van der Waals surface area contributed by atoms with E-state index in [-0.39, 0.29) is 41.3 Å². The molecule has 3 aliphatic rings. The molecule has 4 heterocycles. The monoisotopic (exact) mass is 747 g/mol. The van der Waals surface area contributed by atoms with Gasteiger partial charge in [0.15, 0.2) is 29.3 Å². The van der Waals surface area contributed by atoms with Crippen LogP contribution in [0.2, 0.25) is 0 Å². The highest BCUT2D eigenvalue weighted by molar-refractivity contribution is 6.04. The van der Waals surface area contributed by atoms with Gasteiger partial charge in [0.05, 0.1) is 0 Å². The van der Waals surface area contributed by atoms with Gasteiger partial charge in [-0.3, -0.25) is 4.79 Å². The number of aryl methyl sites for hydroxylation is 1. The van der Waals surface area contributed by atoms with Crippen LogP contribution >= 0.6 is 0 Å². The van der Waals surface area contributed by atoms with Crippen molar-refractivity contribution in [2.45, 2.75) is 93.7 Å². The Morgan fingerprint density at radius 3 is 2.17 bits per heavy atom. The Morgan fingerprint density at radius 1 is 0.868 bits per heavy atom. The molecule has 0 bridgehead atoms. The Balaban J connectivity index is 1.32. The smallest absolute Gasteiger partial charge is 0.340 e. The van der Waals surface area contributed by atoms with Gasteiger partial charge in [-0.15, -0.1) is 0 Å². The highest BCUT2D eigenvalue weighted by Crippen LogP contribution is 2.46. The molecule has 3 aliphatic heterocycles. The molecule has 1 unspecified atom stereocenters. The number of aliphatic carboxylic acids is 1. The normalized spacial score (nSPS) is 31.3. The number of hydrogen-bond acceptors (Lipinski definition) is 16. The van der Waals surface area contributed by atoms with Gasteiger partial charge in [0.1, 0.15) is 66.4 Å². The summed E-state index contributed by atoms with van der Waals surface area (Å²) >= 11 is 0. The molecular weight excluding hydrogens is 710 g/mol. The molecule has 286 valence electrons. The van der Waals surface area contributed by atoms with Gasteiger partial charge in [0, 0.05) is 18.1 Å². The lowest BCUT2D eigenvalue weighted by Gasteiger charge is -2.41. The first-order valence-corrected chi connectivity index (χ1v) is 16.3. The number of hydrogen-bond donors (Lipinski definition) is 10. The van der Waals surface area contributed by atoms with Crippen molar-refractivity contribution in [1.29, 1.82) is 0 Å². The van der Waals surface area contributed by atoms with Gasteiger partial charge in [-0.05, 0) is 17.7 Å². The Hall–Kier alpha value is -4.99. The second-order valence-corrected chi connectivity index (χ2v) is 12.8. The van der Waals surface area contributed by atoms with Gasteiger partial charge in [-0.25, -0.2) is 9.59 Å². The molecule has 0 spiro atoms. The molecule has 11 N–H and O–H groups in total. The number of carboxylic acid groups (broad SMARTS) is 1. The first-order valence-electron chi connectivity index (χ1n) is 16.3. The van der Waals surface area contributed by atoms with E-state index in [0.717, 1.165) is 5.69 Å². The summed E-state index contributed by atoms with van der Waals surface area (Å²) in [4.78, 5) is 40.1. The summed E-state index contributed by atoms with van der Waals surface area (Å²) in [7, 11) is 0. The second kappa shape index (κ2) is 14.8. The van der Waals surface area contributed by atoms with E-state index in [1.54, 1.807) is 12.3 Å². The molecule has 11 atom stereocenters. The molecule has 6 rings (SSSR count). The van der Waals surface area contributed by atoms with E-state index in [9.17, 15) is 65.4 Å². The van der Waals surface area contributed by atoms with E-state index < -0.39 is 96.7 Å². The molecule has 3 aromatic rings. The van der Waals surface area contributed by atoms with Crippen LogP contribution in [-0.4, -0.2) is 135 Å². The van der Waals surface area contributed by atoms with E-state index >= 15 is 0 Å². The molecule has 2 fully saturated rings. The Labute approximate surface area is 298 Å². The number of carboxylic acids is 1. The summed E-state index contributed by atoms with van der Waals surface area (Å²) < 4.78 is 27.5. The molecule has 1 aromatic heterocycles. The predicted octanol–water partition coefficient (Wildman–Crippen LogP) is -2.05. The summed E-state index contributed by atoms with van der Waals surface area (Å²) in [5.41, 5.74) is 1.56. The topological polar surface area (TPSA) is 318 Å². The van der Waals surface area contributed by atoms with Crippen molar-refractivity contribution in [3.05, 3.63) is 64.5 Å². The van der Waals surface area contributed by atoms with Gasteiger partial charge in [-0.1, -0.05) is 31.0 Å². The van der Waals surface area contributed by atoms with Gasteiger partial charge >= 0.3 is 17.7 Å². The standard InChI is InChI=1S/C34H36NO18/c1-2-13-5-11(10-35-13)6-14-19(9-20-21(22(14)39)17(38)8-18(49-20)12-3-4-15(36)16(37)7-12)50-33-27(44)24(41)26(43)30(52-33)32(48)53-34-28(45)23(40)25(42)29(51-34)31(46)47/h3-5,7,9-10,18,23-30,33-34,36-37,40-45H,2,6,8H2,1H3,(H,38,39)(H,46,47)/q-1/p+1/t18?,23-,24-,25-,26-,27+,28+,29-,30-,33-,34+/m0/s1. The lowest BCUT2D eigenvalue weighted by molar-refractivity contribution is -0.302. The minimum Gasteiger partial charge on any atom is -0.667 e. The molecular formula is C34H37NO18. The number of phenolic OH excluding ortho intramolecular Hbond substituents is 3. The van der Waals surface area contributed by atoms with E-state index in [2.05, 4.69) is 4.98 Å². The number of aliphatic hydroxyl groups excluding tert-OH is 6. The second-order valence-electron chi connectivity index (χ2n) is 12.8. The maximum atomic E-state index is 13.2. The van der Waals surface area contributed by atoms with Gasteiger partial charge in [0.2, 0.25) is 12.6 Å². The summed E-state index contributed by atoms with van der Waals surface area (Å²) in [5.74, 6) is -5.40. The number of aromatic nitrogens is 1. The number of aliphatic hydroxyl groups is 6. The van der Waals surface area contributed by atoms with E-state index in [1.165, 1.54) is 24.3 Å². The molecule has 53 heavy (non-hydrogen) atoms. The van der Waals surface area contributed by atoms with Crippen LogP contribution in [0.1, 0.15) is 47.4 Å². The van der Waals surface area contributed by atoms with Gasteiger partial charge < -0.3 is 79.7 Å². The molecule has 0 saturated carbocycles. The van der Waals surface area contributed by atoms with Crippen LogP contribution < -0.4 is 14.5 Å². The van der Waals surface area contributed by atoms with Crippen molar-refractivity contribution in [2.24, 2.45) is 0 Å². The number of fused-ring (bicyclic) bond motifs is 1. The lowest BCUT2D eigenvalue weighted by Crippen LogP contribution is -2.63. The lowest BCUT2D eigenvalue weighted by atomic mass is 9.92. The zero-order valence-corrected chi connectivity index (χ0v) is 27.7.